The number of primary amides is 1. The molecule has 0 fully saturated rings. The van der Waals surface area contributed by atoms with Gasteiger partial charge in [-0.05, 0) is 18.6 Å². The molecule has 2 amide bonds. The molecule has 1 aromatic carbocycles. The first-order valence-electron chi connectivity index (χ1n) is 5.68. The van der Waals surface area contributed by atoms with Crippen molar-refractivity contribution in [1.29, 1.82) is 0 Å². The Balaban J connectivity index is 2.60. The van der Waals surface area contributed by atoms with Gasteiger partial charge in [0.25, 0.3) is 0 Å². The Morgan fingerprint density at radius 3 is 2.53 bits per heavy atom. The minimum atomic E-state index is -0.564. The van der Waals surface area contributed by atoms with Crippen molar-refractivity contribution in [3.05, 3.63) is 23.8 Å². The van der Waals surface area contributed by atoms with Crippen LogP contribution in [0.2, 0.25) is 0 Å². The van der Waals surface area contributed by atoms with Gasteiger partial charge in [-0.2, -0.15) is 0 Å². The molecule has 0 bridgehead atoms. The van der Waals surface area contributed by atoms with Crippen molar-refractivity contribution in [3.63, 3.8) is 0 Å². The number of hydrogen-bond acceptors (Lipinski definition) is 5. The summed E-state index contributed by atoms with van der Waals surface area (Å²) in [7, 11) is 1.48. The van der Waals surface area contributed by atoms with Gasteiger partial charge in [-0.1, -0.05) is 0 Å². The van der Waals surface area contributed by atoms with E-state index in [0.29, 0.717) is 30.1 Å². The Bertz CT molecular complexity index is 462. The molecular formula is C12H17N3O4. The third kappa shape index (κ3) is 4.84. The van der Waals surface area contributed by atoms with Gasteiger partial charge in [0.05, 0.1) is 13.7 Å². The van der Waals surface area contributed by atoms with Crippen LogP contribution in [0, 0.1) is 0 Å². The molecule has 0 aliphatic heterocycles. The topological polar surface area (TPSA) is 117 Å². The van der Waals surface area contributed by atoms with Gasteiger partial charge in [0, 0.05) is 18.1 Å². The zero-order chi connectivity index (χ0) is 14.3. The van der Waals surface area contributed by atoms with E-state index in [2.05, 4.69) is 0 Å². The van der Waals surface area contributed by atoms with Gasteiger partial charge in [-0.25, -0.2) is 5.84 Å². The van der Waals surface area contributed by atoms with Crippen LogP contribution >= 0.6 is 0 Å². The summed E-state index contributed by atoms with van der Waals surface area (Å²) in [4.78, 5) is 22.0. The van der Waals surface area contributed by atoms with Crippen LogP contribution in [0.25, 0.3) is 0 Å². The van der Waals surface area contributed by atoms with Gasteiger partial charge in [-0.3, -0.25) is 15.0 Å². The van der Waals surface area contributed by atoms with Gasteiger partial charge in [0.15, 0.2) is 0 Å². The maximum absolute atomic E-state index is 11.1. The monoisotopic (exact) mass is 267 g/mol. The summed E-state index contributed by atoms with van der Waals surface area (Å²) in [6.07, 6.45) is 0.773. The molecule has 0 unspecified atom stereocenters. The van der Waals surface area contributed by atoms with Gasteiger partial charge < -0.3 is 15.2 Å². The second-order valence-corrected chi connectivity index (χ2v) is 3.78. The SMILES string of the molecule is COc1cc(OCCCC(=O)NN)cc(C(N)=O)c1. The van der Waals surface area contributed by atoms with E-state index in [9.17, 15) is 9.59 Å². The van der Waals surface area contributed by atoms with Crippen molar-refractivity contribution in [2.45, 2.75) is 12.8 Å². The van der Waals surface area contributed by atoms with E-state index in [1.165, 1.54) is 19.2 Å². The molecule has 0 spiro atoms. The van der Waals surface area contributed by atoms with Crippen LogP contribution in [-0.4, -0.2) is 25.5 Å². The Kier molecular flexibility index (Phi) is 5.62. The first kappa shape index (κ1) is 14.8. The van der Waals surface area contributed by atoms with Gasteiger partial charge in [-0.15, -0.1) is 0 Å². The third-order valence-electron chi connectivity index (χ3n) is 2.38. The molecule has 1 rings (SSSR count). The maximum Gasteiger partial charge on any atom is 0.248 e. The number of amides is 2. The number of ether oxygens (including phenoxy) is 2. The first-order chi connectivity index (χ1) is 9.06. The second kappa shape index (κ2) is 7.22. The fourth-order valence-electron chi connectivity index (χ4n) is 1.41. The van der Waals surface area contributed by atoms with Crippen molar-refractivity contribution in [3.8, 4) is 11.5 Å². The van der Waals surface area contributed by atoms with E-state index in [-0.39, 0.29) is 12.3 Å². The van der Waals surface area contributed by atoms with E-state index in [1.54, 1.807) is 6.07 Å². The van der Waals surface area contributed by atoms with Crippen molar-refractivity contribution in [2.24, 2.45) is 11.6 Å². The quantitative estimate of drug-likeness (QED) is 0.277. The first-order valence-corrected chi connectivity index (χ1v) is 5.68. The number of nitrogens with one attached hydrogen (secondary N) is 1. The zero-order valence-electron chi connectivity index (χ0n) is 10.6. The second-order valence-electron chi connectivity index (χ2n) is 3.78. The Labute approximate surface area is 110 Å². The lowest BCUT2D eigenvalue weighted by atomic mass is 10.2. The van der Waals surface area contributed by atoms with Crippen LogP contribution in [0.4, 0.5) is 0 Å². The molecule has 5 N–H and O–H groups in total. The molecule has 0 heterocycles. The van der Waals surface area contributed by atoms with Crippen LogP contribution in [0.15, 0.2) is 18.2 Å². The van der Waals surface area contributed by atoms with E-state index in [0.717, 1.165) is 0 Å². The van der Waals surface area contributed by atoms with Gasteiger partial charge in [0.1, 0.15) is 11.5 Å². The summed E-state index contributed by atoms with van der Waals surface area (Å²) < 4.78 is 10.5. The molecule has 19 heavy (non-hydrogen) atoms. The highest BCUT2D eigenvalue weighted by molar-refractivity contribution is 5.93. The molecule has 0 radical (unpaired) electrons. The van der Waals surface area contributed by atoms with Crippen molar-refractivity contribution >= 4 is 11.8 Å². The van der Waals surface area contributed by atoms with Crippen LogP contribution in [0.3, 0.4) is 0 Å². The fraction of sp³-hybridized carbons (Fsp3) is 0.333. The molecule has 7 nitrogen and oxygen atoms in total. The van der Waals surface area contributed by atoms with Crippen molar-refractivity contribution in [2.75, 3.05) is 13.7 Å². The molecule has 0 saturated carbocycles. The molecule has 0 saturated heterocycles. The molecule has 0 aliphatic carbocycles. The van der Waals surface area contributed by atoms with Crippen LogP contribution in [0.1, 0.15) is 23.2 Å². The normalized spacial score (nSPS) is 9.79. The number of nitrogens with two attached hydrogens (primary N) is 2. The highest BCUT2D eigenvalue weighted by Crippen LogP contribution is 2.22. The molecule has 0 aromatic heterocycles. The lowest BCUT2D eigenvalue weighted by Gasteiger charge is -2.09. The highest BCUT2D eigenvalue weighted by atomic mass is 16.5. The summed E-state index contributed by atoms with van der Waals surface area (Å²) in [5.41, 5.74) is 7.53. The largest absolute Gasteiger partial charge is 0.497 e. The molecule has 104 valence electrons. The van der Waals surface area contributed by atoms with E-state index in [4.69, 9.17) is 21.1 Å². The molecule has 1 aromatic rings. The predicted molar refractivity (Wildman–Crippen MR) is 68.6 cm³/mol. The van der Waals surface area contributed by atoms with Gasteiger partial charge in [0.2, 0.25) is 11.8 Å². The Morgan fingerprint density at radius 2 is 1.95 bits per heavy atom. The molecular weight excluding hydrogens is 250 g/mol. The fourth-order valence-corrected chi connectivity index (χ4v) is 1.41. The number of rotatable bonds is 7. The Hall–Kier alpha value is -2.28. The lowest BCUT2D eigenvalue weighted by Crippen LogP contribution is -2.29. The zero-order valence-corrected chi connectivity index (χ0v) is 10.6. The summed E-state index contributed by atoms with van der Waals surface area (Å²) in [6, 6.07) is 4.68. The summed E-state index contributed by atoms with van der Waals surface area (Å²) in [5, 5.41) is 0. The van der Waals surface area contributed by atoms with Crippen LogP contribution in [0.5, 0.6) is 11.5 Å². The standard InChI is InChI=1S/C12H17N3O4/c1-18-9-5-8(12(13)17)6-10(7-9)19-4-2-3-11(16)15-14/h5-7H,2-4,14H2,1H3,(H2,13,17)(H,15,16). The summed E-state index contributed by atoms with van der Waals surface area (Å²) in [5.74, 6) is 5.06. The average Bonchev–Trinajstić information content (AvgIpc) is 2.42. The average molecular weight is 267 g/mol. The summed E-state index contributed by atoms with van der Waals surface area (Å²) in [6.45, 7) is 0.318. The van der Waals surface area contributed by atoms with Crippen molar-refractivity contribution < 1.29 is 19.1 Å². The highest BCUT2D eigenvalue weighted by Gasteiger charge is 2.07. The number of benzene rings is 1. The van der Waals surface area contributed by atoms with E-state index < -0.39 is 5.91 Å². The lowest BCUT2D eigenvalue weighted by molar-refractivity contribution is -0.121. The molecule has 0 aliphatic rings. The molecule has 7 heteroatoms. The van der Waals surface area contributed by atoms with E-state index in [1.807, 2.05) is 5.43 Å². The smallest absolute Gasteiger partial charge is 0.248 e. The minimum absolute atomic E-state index is 0.257. The number of methoxy groups -OCH3 is 1. The minimum Gasteiger partial charge on any atom is -0.497 e. The predicted octanol–water partition coefficient (Wildman–Crippen LogP) is -0.0570. The Morgan fingerprint density at radius 1 is 1.26 bits per heavy atom. The van der Waals surface area contributed by atoms with E-state index >= 15 is 0 Å². The maximum atomic E-state index is 11.1. The molecule has 0 atom stereocenters. The number of hydrazine groups is 1. The number of hydrogen-bond donors (Lipinski definition) is 3. The van der Waals surface area contributed by atoms with Gasteiger partial charge >= 0.3 is 0 Å². The third-order valence-corrected chi connectivity index (χ3v) is 2.38. The van der Waals surface area contributed by atoms with Crippen molar-refractivity contribution in [1.82, 2.24) is 5.43 Å². The number of carbonyl (C=O) groups is 2. The summed E-state index contributed by atoms with van der Waals surface area (Å²) >= 11 is 0. The van der Waals surface area contributed by atoms with Crippen LogP contribution < -0.4 is 26.5 Å². The van der Waals surface area contributed by atoms with Crippen LogP contribution in [-0.2, 0) is 4.79 Å². The number of carbonyl (C=O) groups excluding carboxylic acids is 2.